The summed E-state index contributed by atoms with van der Waals surface area (Å²) in [6.45, 7) is 32.7. The molecular weight excluding hydrogens is 1790 g/mol. The summed E-state index contributed by atoms with van der Waals surface area (Å²) in [5.41, 5.74) is 12.2. The second-order valence-corrected chi connectivity index (χ2v) is 42.8. The molecule has 9 aromatic rings. The van der Waals surface area contributed by atoms with Crippen molar-refractivity contribution in [1.82, 2.24) is 10.6 Å². The Morgan fingerprint density at radius 3 is 0.770 bits per heavy atom. The molecule has 2 amide bonds. The number of ether oxygens (including phenoxy) is 13. The number of hydrogen-bond acceptors (Lipinski definition) is 25. The van der Waals surface area contributed by atoms with Crippen LogP contribution in [0.5, 0.6) is 0 Å². The quantitative estimate of drug-likeness (QED) is 0.0181. The van der Waals surface area contributed by atoms with Gasteiger partial charge in [0.1, 0.15) is 67.2 Å². The zero-order valence-electron chi connectivity index (χ0n) is 83.4. The van der Waals surface area contributed by atoms with E-state index in [0.717, 1.165) is 50.1 Å². The topological polar surface area (TPSA) is 350 Å². The van der Waals surface area contributed by atoms with E-state index in [1.807, 2.05) is 273 Å². The van der Waals surface area contributed by atoms with E-state index in [9.17, 15) is 47.9 Å². The van der Waals surface area contributed by atoms with Gasteiger partial charge in [0, 0.05) is 0 Å². The first-order chi connectivity index (χ1) is 66.0. The molecule has 0 radical (unpaired) electrons. The fraction of sp³-hybridized carbons (Fsp3) is 0.423. The van der Waals surface area contributed by atoms with Crippen LogP contribution in [0, 0.1) is 29.6 Å². The molecule has 4 N–H and O–H groups in total. The summed E-state index contributed by atoms with van der Waals surface area (Å²) in [4.78, 5) is 133. The van der Waals surface area contributed by atoms with Gasteiger partial charge in [-0.3, -0.25) is 28.8 Å². The average Bonchev–Trinajstić information content (AvgIpc) is 0.797. The van der Waals surface area contributed by atoms with Gasteiger partial charge in [-0.25, -0.2) is 19.2 Å². The van der Waals surface area contributed by atoms with Crippen LogP contribution in [-0.4, -0.2) is 154 Å². The highest BCUT2D eigenvalue weighted by molar-refractivity contribution is 6.74. The third-order valence-corrected chi connectivity index (χ3v) is 26.6. The van der Waals surface area contributed by atoms with Gasteiger partial charge in [0.2, 0.25) is 0 Å². The lowest BCUT2D eigenvalue weighted by atomic mass is 9.90. The van der Waals surface area contributed by atoms with Crippen molar-refractivity contribution in [3.63, 3.8) is 0 Å². The number of hydrogen-bond donors (Lipinski definition) is 3. The maximum Gasteiger partial charge on any atom is 0.408 e. The standard InChI is InChI=1S/C40H55NO8Si.C38H47NO9.C33H39NO7/c1-29(47-37(43)34(41-38(44)48-39(2,3)4)28-45-26-31-21-15-11-16-22-31)35(49-50(8,9)40(5,6)7)33(25-30-19-13-10-14-20-30)36(42)46-27-32-23-17-12-18-24-32;1-26(2)34(40)47-33(31(22-28-16-10-7-11-17-28)35(41)45-24-30-20-14-9-15-21-30)27(3)46-36(42)32(39-37(43)48-38(4,5)6)25-44-23-29-18-12-8-13-19-29;1-23(2)31(35)41-30(24(3)40-33(37)29(34)22-38-20-26-15-9-5-10-16-26)28(19-25-13-7-4-8-14-25)32(36)39-21-27-17-11-6-12-18-27/h10-24,29,33-35H,25-28H2,1-9H3,(H,41,44);7-21,26-27,31-33H,22-25H2,1-6H3,(H,39,43);4-18,23-24,28-30H,19-22,34H2,1-3H3/t29-,33+,34-,35-;27-,31+,32-,33-;24-,28+,29-,30-/m000/s1. The van der Waals surface area contributed by atoms with Crippen LogP contribution in [0.2, 0.25) is 18.1 Å². The fourth-order valence-corrected chi connectivity index (χ4v) is 15.0. The summed E-state index contributed by atoms with van der Waals surface area (Å²) in [6, 6.07) is 80.9. The Labute approximate surface area is 820 Å². The molecule has 0 saturated heterocycles. The fourth-order valence-electron chi connectivity index (χ4n) is 13.6. The molecule has 748 valence electrons. The Morgan fingerprint density at radius 2 is 0.518 bits per heavy atom. The van der Waals surface area contributed by atoms with Crippen molar-refractivity contribution < 1.29 is 114 Å². The molecule has 12 atom stereocenters. The predicted octanol–water partition coefficient (Wildman–Crippen LogP) is 18.9. The number of nitrogens with one attached hydrogen (secondary N) is 2. The van der Waals surface area contributed by atoms with Crippen LogP contribution in [0.15, 0.2) is 273 Å². The van der Waals surface area contributed by atoms with Crippen molar-refractivity contribution in [2.75, 3.05) is 19.8 Å². The van der Waals surface area contributed by atoms with Crippen LogP contribution in [0.1, 0.15) is 161 Å². The second kappa shape index (κ2) is 57.6. The Hall–Kier alpha value is -12.7. The van der Waals surface area contributed by atoms with Crippen molar-refractivity contribution in [2.24, 2.45) is 35.3 Å². The van der Waals surface area contributed by atoms with Crippen LogP contribution in [-0.2, 0) is 163 Å². The highest BCUT2D eigenvalue weighted by atomic mass is 28.4. The minimum atomic E-state index is -2.55. The van der Waals surface area contributed by atoms with E-state index >= 15 is 0 Å². The van der Waals surface area contributed by atoms with Gasteiger partial charge < -0.3 is 82.4 Å². The molecule has 139 heavy (non-hydrogen) atoms. The number of rotatable bonds is 47. The summed E-state index contributed by atoms with van der Waals surface area (Å²) in [5, 5.41) is 4.94. The molecule has 0 aromatic heterocycles. The second-order valence-electron chi connectivity index (χ2n) is 38.1. The maximum atomic E-state index is 14.1. The van der Waals surface area contributed by atoms with Gasteiger partial charge in [-0.15, -0.1) is 0 Å². The van der Waals surface area contributed by atoms with Gasteiger partial charge in [-0.05, 0) is 150 Å². The molecule has 0 unspecified atom stereocenters. The number of carbonyl (C=O) groups excluding carboxylic acids is 10. The minimum absolute atomic E-state index is 0.00458. The minimum Gasteiger partial charge on any atom is -0.461 e. The van der Waals surface area contributed by atoms with Gasteiger partial charge in [0.25, 0.3) is 0 Å². The number of esters is 8. The highest BCUT2D eigenvalue weighted by Gasteiger charge is 2.47. The van der Waals surface area contributed by atoms with Crippen molar-refractivity contribution in [3.8, 4) is 0 Å². The molecule has 0 fully saturated rings. The zero-order chi connectivity index (χ0) is 102. The van der Waals surface area contributed by atoms with Gasteiger partial charge in [0.15, 0.2) is 32.6 Å². The van der Waals surface area contributed by atoms with Gasteiger partial charge in [-0.1, -0.05) is 321 Å². The van der Waals surface area contributed by atoms with Crippen LogP contribution >= 0.6 is 0 Å². The van der Waals surface area contributed by atoms with Crippen molar-refractivity contribution in [1.29, 1.82) is 0 Å². The number of carbonyl (C=O) groups is 10. The number of amides is 2. The molecule has 27 nitrogen and oxygen atoms in total. The van der Waals surface area contributed by atoms with E-state index < -0.39 is 164 Å². The SMILES string of the molecule is CC(C)C(=O)O[C@@H]([C@H](C)OC(=O)[C@@H](N)COCc1ccccc1)[C@@H](Cc1ccccc1)C(=O)OCc1ccccc1.CC(C)C(=O)O[C@@H]([C@H](C)OC(=O)[C@H](COCc1ccccc1)NC(=O)OC(C)(C)C)[C@@H](Cc1ccccc1)C(=O)OCc1ccccc1.C[C@H](OC(=O)[C@H](COCc1ccccc1)NC(=O)OC(C)(C)C)[C@H](O[Si](C)(C)C(C)(C)C)[C@@H](Cc1ccccc1)C(=O)OCc1ccccc1. The summed E-state index contributed by atoms with van der Waals surface area (Å²) in [5.74, 6) is -8.87. The van der Waals surface area contributed by atoms with Crippen LogP contribution in [0.4, 0.5) is 9.59 Å². The Balaban J connectivity index is 0.000000285. The smallest absolute Gasteiger partial charge is 0.408 e. The van der Waals surface area contributed by atoms with E-state index in [2.05, 4.69) is 44.5 Å². The molecule has 0 aliphatic rings. The lowest BCUT2D eigenvalue weighted by molar-refractivity contribution is -0.182. The van der Waals surface area contributed by atoms with E-state index in [4.69, 9.17) is 71.7 Å². The van der Waals surface area contributed by atoms with E-state index in [-0.39, 0.29) is 70.7 Å². The number of benzene rings is 9. The molecule has 0 aliphatic heterocycles. The molecule has 28 heteroatoms. The lowest BCUT2D eigenvalue weighted by Gasteiger charge is -2.42. The zero-order valence-corrected chi connectivity index (χ0v) is 84.4. The number of nitrogens with two attached hydrogens (primary N) is 1. The Bertz CT molecular complexity index is 5170. The predicted molar refractivity (Wildman–Crippen MR) is 530 cm³/mol. The first kappa shape index (κ1) is 113. The largest absolute Gasteiger partial charge is 0.461 e. The monoisotopic (exact) mass is 1930 g/mol. The number of alkyl carbamates (subject to hydrolysis) is 2. The average molecular weight is 1930 g/mol. The molecule has 0 spiro atoms. The lowest BCUT2D eigenvalue weighted by Crippen LogP contribution is -2.53. The van der Waals surface area contributed by atoms with Crippen molar-refractivity contribution in [2.45, 2.75) is 254 Å². The summed E-state index contributed by atoms with van der Waals surface area (Å²) < 4.78 is 81.6. The van der Waals surface area contributed by atoms with Gasteiger partial charge in [-0.2, -0.15) is 0 Å². The van der Waals surface area contributed by atoms with Crippen molar-refractivity contribution in [3.05, 3.63) is 323 Å². The summed E-state index contributed by atoms with van der Waals surface area (Å²) in [7, 11) is -2.55. The van der Waals surface area contributed by atoms with Crippen molar-refractivity contribution >= 4 is 68.3 Å². The van der Waals surface area contributed by atoms with Gasteiger partial charge >= 0.3 is 59.9 Å². The van der Waals surface area contributed by atoms with E-state index in [1.54, 1.807) is 83.1 Å². The molecular formula is C111H141N3O24Si. The molecule has 9 aromatic carbocycles. The molecule has 0 bridgehead atoms. The first-order valence-electron chi connectivity index (χ1n) is 47.0. The third kappa shape index (κ3) is 42.3. The molecule has 0 heterocycles. The van der Waals surface area contributed by atoms with Crippen LogP contribution in [0.25, 0.3) is 0 Å². The maximum absolute atomic E-state index is 14.1. The highest BCUT2D eigenvalue weighted by Crippen LogP contribution is 2.40. The first-order valence-corrected chi connectivity index (χ1v) is 50.0. The summed E-state index contributed by atoms with van der Waals surface area (Å²) in [6.07, 6.45) is -7.21. The molecule has 0 saturated carbocycles. The normalized spacial score (nSPS) is 14.1. The Kier molecular flexibility index (Phi) is 47.0. The van der Waals surface area contributed by atoms with Gasteiger partial charge in [0.05, 0.1) is 63.5 Å². The Morgan fingerprint density at radius 1 is 0.288 bits per heavy atom. The van der Waals surface area contributed by atoms with Crippen LogP contribution in [0.3, 0.4) is 0 Å². The van der Waals surface area contributed by atoms with E-state index in [0.29, 0.717) is 13.0 Å². The molecule has 0 aliphatic carbocycles. The van der Waals surface area contributed by atoms with E-state index in [1.165, 1.54) is 6.92 Å². The molecule has 9 rings (SSSR count). The third-order valence-electron chi connectivity index (χ3n) is 22.1. The van der Waals surface area contributed by atoms with Crippen LogP contribution < -0.4 is 16.4 Å². The summed E-state index contributed by atoms with van der Waals surface area (Å²) >= 11 is 0.